The molecule has 1 aliphatic heterocycles. The van der Waals surface area contributed by atoms with Crippen molar-refractivity contribution in [1.29, 1.82) is 0 Å². The van der Waals surface area contributed by atoms with Crippen molar-refractivity contribution in [3.05, 3.63) is 95.6 Å². The maximum Gasteiger partial charge on any atom is 0.318 e. The van der Waals surface area contributed by atoms with Crippen LogP contribution in [0, 0.1) is 0 Å². The number of carbonyl (C=O) groups excluding carboxylic acids is 2. The molecule has 2 unspecified atom stereocenters. The van der Waals surface area contributed by atoms with Gasteiger partial charge in [-0.3, -0.25) is 9.59 Å². The second-order valence-electron chi connectivity index (χ2n) is 7.33. The fourth-order valence-corrected chi connectivity index (χ4v) is 3.62. The summed E-state index contributed by atoms with van der Waals surface area (Å²) in [6.45, 7) is 3.48. The molecule has 3 aromatic carbocycles. The monoisotopic (exact) mass is 401 g/mol. The lowest BCUT2D eigenvalue weighted by Crippen LogP contribution is -2.38. The van der Waals surface area contributed by atoms with Crippen LogP contribution >= 0.6 is 0 Å². The topological polar surface area (TPSA) is 64.6 Å². The average Bonchev–Trinajstić information content (AvgIpc) is 2.77. The minimum Gasteiger partial charge on any atom is -0.457 e. The largest absolute Gasteiger partial charge is 0.457 e. The Morgan fingerprint density at radius 2 is 1.37 bits per heavy atom. The number of hydrogen-bond donors (Lipinski definition) is 1. The molecule has 0 radical (unpaired) electrons. The highest BCUT2D eigenvalue weighted by atomic mass is 16.5. The number of amides is 1. The van der Waals surface area contributed by atoms with Crippen LogP contribution in [0.3, 0.4) is 0 Å². The molecule has 1 heterocycles. The van der Waals surface area contributed by atoms with Gasteiger partial charge < -0.3 is 14.8 Å². The number of benzene rings is 3. The second kappa shape index (κ2) is 8.41. The van der Waals surface area contributed by atoms with Crippen LogP contribution in [0.25, 0.3) is 0 Å². The van der Waals surface area contributed by atoms with Crippen LogP contribution in [0.15, 0.2) is 78.9 Å². The first-order valence-electron chi connectivity index (χ1n) is 9.96. The Labute approximate surface area is 175 Å². The van der Waals surface area contributed by atoms with Crippen LogP contribution in [0.4, 0.5) is 0 Å². The van der Waals surface area contributed by atoms with Crippen LogP contribution in [-0.2, 0) is 14.3 Å². The minimum absolute atomic E-state index is 0.190. The SMILES string of the molecule is CC(OC(=O)C1c2ccccc2Oc2ccccc21)C(=O)NC(C)c1ccccc1. The Kier molecular flexibility index (Phi) is 5.53. The molecule has 1 aliphatic rings. The van der Waals surface area contributed by atoms with Crippen molar-refractivity contribution >= 4 is 11.9 Å². The lowest BCUT2D eigenvalue weighted by atomic mass is 9.88. The third kappa shape index (κ3) is 3.92. The van der Waals surface area contributed by atoms with E-state index in [1.54, 1.807) is 6.92 Å². The number of carbonyl (C=O) groups is 2. The second-order valence-corrected chi connectivity index (χ2v) is 7.33. The van der Waals surface area contributed by atoms with Crippen molar-refractivity contribution in [3.8, 4) is 11.5 Å². The van der Waals surface area contributed by atoms with Crippen LogP contribution < -0.4 is 10.1 Å². The van der Waals surface area contributed by atoms with Gasteiger partial charge in [-0.1, -0.05) is 66.7 Å². The zero-order chi connectivity index (χ0) is 21.1. The molecule has 0 bridgehead atoms. The van der Waals surface area contributed by atoms with Crippen molar-refractivity contribution in [2.24, 2.45) is 0 Å². The third-order valence-corrected chi connectivity index (χ3v) is 5.24. The van der Waals surface area contributed by atoms with Gasteiger partial charge in [-0.15, -0.1) is 0 Å². The van der Waals surface area contributed by atoms with Gasteiger partial charge in [0.25, 0.3) is 5.91 Å². The maximum absolute atomic E-state index is 13.1. The summed E-state index contributed by atoms with van der Waals surface area (Å²) in [7, 11) is 0. The summed E-state index contributed by atoms with van der Waals surface area (Å²) in [5.41, 5.74) is 2.44. The Morgan fingerprint density at radius 1 is 0.833 bits per heavy atom. The molecule has 152 valence electrons. The summed E-state index contributed by atoms with van der Waals surface area (Å²) < 4.78 is 11.5. The molecular formula is C25H23NO4. The van der Waals surface area contributed by atoms with E-state index in [-0.39, 0.29) is 11.9 Å². The molecule has 5 heteroatoms. The smallest absolute Gasteiger partial charge is 0.318 e. The van der Waals surface area contributed by atoms with Gasteiger partial charge in [-0.25, -0.2) is 0 Å². The molecule has 0 aromatic heterocycles. The van der Waals surface area contributed by atoms with Crippen molar-refractivity contribution < 1.29 is 19.1 Å². The van der Waals surface area contributed by atoms with E-state index in [1.165, 1.54) is 0 Å². The minimum atomic E-state index is -0.925. The number of esters is 1. The highest BCUT2D eigenvalue weighted by Gasteiger charge is 2.35. The van der Waals surface area contributed by atoms with Crippen molar-refractivity contribution in [2.45, 2.75) is 31.9 Å². The molecule has 1 amide bonds. The lowest BCUT2D eigenvalue weighted by Gasteiger charge is -2.27. The lowest BCUT2D eigenvalue weighted by molar-refractivity contribution is -0.155. The summed E-state index contributed by atoms with van der Waals surface area (Å²) in [5, 5.41) is 2.90. The zero-order valence-electron chi connectivity index (χ0n) is 16.9. The molecule has 0 spiro atoms. The maximum atomic E-state index is 13.1. The quantitative estimate of drug-likeness (QED) is 0.628. The normalized spacial score (nSPS) is 14.5. The molecule has 0 aliphatic carbocycles. The molecule has 30 heavy (non-hydrogen) atoms. The summed E-state index contributed by atoms with van der Waals surface area (Å²) >= 11 is 0. The first-order valence-corrected chi connectivity index (χ1v) is 9.96. The Hall–Kier alpha value is -3.60. The Morgan fingerprint density at radius 3 is 1.97 bits per heavy atom. The highest BCUT2D eigenvalue weighted by Crippen LogP contribution is 2.44. The fourth-order valence-electron chi connectivity index (χ4n) is 3.62. The summed E-state index contributed by atoms with van der Waals surface area (Å²) in [6.07, 6.45) is -0.925. The molecule has 3 aromatic rings. The van der Waals surface area contributed by atoms with E-state index in [0.717, 1.165) is 16.7 Å². The predicted octanol–water partition coefficient (Wildman–Crippen LogP) is 4.73. The van der Waals surface area contributed by atoms with Crippen molar-refractivity contribution in [1.82, 2.24) is 5.32 Å². The van der Waals surface area contributed by atoms with E-state index in [1.807, 2.05) is 85.8 Å². The summed E-state index contributed by atoms with van der Waals surface area (Å²) in [5.74, 6) is -0.226. The zero-order valence-corrected chi connectivity index (χ0v) is 16.9. The van der Waals surface area contributed by atoms with E-state index in [9.17, 15) is 9.59 Å². The van der Waals surface area contributed by atoms with Gasteiger partial charge in [0.05, 0.1) is 6.04 Å². The molecule has 4 rings (SSSR count). The first kappa shape index (κ1) is 19.7. The number of para-hydroxylation sites is 2. The van der Waals surface area contributed by atoms with Gasteiger partial charge in [0.2, 0.25) is 0 Å². The highest BCUT2D eigenvalue weighted by molar-refractivity contribution is 5.89. The standard InChI is InChI=1S/C25H23NO4/c1-16(18-10-4-3-5-11-18)26-24(27)17(2)29-25(28)23-19-12-6-8-14-21(19)30-22-15-9-7-13-20(22)23/h3-17,23H,1-2H3,(H,26,27). The van der Waals surface area contributed by atoms with E-state index in [4.69, 9.17) is 9.47 Å². The number of rotatable bonds is 5. The molecule has 0 saturated carbocycles. The number of nitrogens with one attached hydrogen (secondary N) is 1. The molecule has 5 nitrogen and oxygen atoms in total. The number of hydrogen-bond acceptors (Lipinski definition) is 4. The molecule has 2 atom stereocenters. The average molecular weight is 401 g/mol. The molecule has 0 fully saturated rings. The third-order valence-electron chi connectivity index (χ3n) is 5.24. The molecular weight excluding hydrogens is 378 g/mol. The van der Waals surface area contributed by atoms with Crippen LogP contribution in [0.5, 0.6) is 11.5 Å². The van der Waals surface area contributed by atoms with Gasteiger partial charge in [-0.2, -0.15) is 0 Å². The Balaban J connectivity index is 1.50. The van der Waals surface area contributed by atoms with E-state index in [2.05, 4.69) is 5.32 Å². The number of fused-ring (bicyclic) bond motifs is 2. The van der Waals surface area contributed by atoms with Gasteiger partial charge in [-0.05, 0) is 31.5 Å². The van der Waals surface area contributed by atoms with Gasteiger partial charge >= 0.3 is 5.97 Å². The van der Waals surface area contributed by atoms with Gasteiger partial charge in [0.1, 0.15) is 17.4 Å². The predicted molar refractivity (Wildman–Crippen MR) is 113 cm³/mol. The van der Waals surface area contributed by atoms with Crippen LogP contribution in [0.1, 0.15) is 42.5 Å². The van der Waals surface area contributed by atoms with E-state index < -0.39 is 18.0 Å². The first-order chi connectivity index (χ1) is 14.5. The fraction of sp³-hybridized carbons (Fsp3) is 0.200. The van der Waals surface area contributed by atoms with Crippen molar-refractivity contribution in [2.75, 3.05) is 0 Å². The molecule has 0 saturated heterocycles. The summed E-state index contributed by atoms with van der Waals surface area (Å²) in [4.78, 5) is 25.8. The Bertz CT molecular complexity index is 1020. The van der Waals surface area contributed by atoms with Gasteiger partial charge in [0.15, 0.2) is 6.10 Å². The van der Waals surface area contributed by atoms with E-state index >= 15 is 0 Å². The van der Waals surface area contributed by atoms with E-state index in [0.29, 0.717) is 11.5 Å². The van der Waals surface area contributed by atoms with Crippen molar-refractivity contribution in [3.63, 3.8) is 0 Å². The van der Waals surface area contributed by atoms with Crippen LogP contribution in [-0.4, -0.2) is 18.0 Å². The molecule has 1 N–H and O–H groups in total. The number of ether oxygens (including phenoxy) is 2. The summed E-state index contributed by atoms with van der Waals surface area (Å²) in [6, 6.07) is 24.2. The van der Waals surface area contributed by atoms with Gasteiger partial charge in [0, 0.05) is 11.1 Å². The van der Waals surface area contributed by atoms with Crippen LogP contribution in [0.2, 0.25) is 0 Å².